The molecule has 5 rings (SSSR count). The van der Waals surface area contributed by atoms with Gasteiger partial charge in [0.2, 0.25) is 0 Å². The van der Waals surface area contributed by atoms with Gasteiger partial charge in [-0.1, -0.05) is 32.4 Å². The van der Waals surface area contributed by atoms with Gasteiger partial charge in [0.25, 0.3) is 0 Å². The number of carbonyl (C=O) groups is 1. The number of Topliss-reactive ketones (excluding diaryl/α,β-unsaturated/α-hetero) is 1. The summed E-state index contributed by atoms with van der Waals surface area (Å²) in [6.45, 7) is 10.9. The third-order valence-corrected chi connectivity index (χ3v) is 10.4. The van der Waals surface area contributed by atoms with Crippen LogP contribution in [0.2, 0.25) is 0 Å². The predicted molar refractivity (Wildman–Crippen MR) is 114 cm³/mol. The zero-order valence-electron chi connectivity index (χ0n) is 19.0. The largest absolute Gasteiger partial charge is 0.348 e. The molecule has 4 fully saturated rings. The smallest absolute Gasteiger partial charge is 0.169 e. The molecule has 4 aliphatic carbocycles. The van der Waals surface area contributed by atoms with Gasteiger partial charge in [0.05, 0.1) is 13.2 Å². The molecule has 1 heterocycles. The standard InChI is InChI=1S/C26H40O3/c1-5-17-10-12-24(2)18(16-22(17)27)6-7-19-20-8-9-23(26(4)28-14-15-29-26)25(20,3)13-11-21(19)24/h6,17,19-21,23H,5,7-16H2,1-4H3/t17?,19-,20-,21-,23-,24-,25-/m0/s1. The highest BCUT2D eigenvalue weighted by Gasteiger charge is 2.62. The lowest BCUT2D eigenvalue weighted by Crippen LogP contribution is -2.52. The second-order valence-electron chi connectivity index (χ2n) is 11.4. The summed E-state index contributed by atoms with van der Waals surface area (Å²) in [5.41, 5.74) is 2.06. The van der Waals surface area contributed by atoms with Crippen LogP contribution in [0.4, 0.5) is 0 Å². The highest BCUT2D eigenvalue weighted by Crippen LogP contribution is 2.67. The van der Waals surface area contributed by atoms with Gasteiger partial charge in [-0.25, -0.2) is 0 Å². The number of ketones is 1. The Morgan fingerprint density at radius 2 is 1.76 bits per heavy atom. The number of allylic oxidation sites excluding steroid dienone is 2. The number of fused-ring (bicyclic) bond motifs is 5. The molecule has 0 aromatic rings. The molecule has 0 aromatic carbocycles. The highest BCUT2D eigenvalue weighted by atomic mass is 16.7. The zero-order valence-corrected chi connectivity index (χ0v) is 19.0. The molecule has 1 saturated heterocycles. The molecule has 0 aromatic heterocycles. The third kappa shape index (κ3) is 2.86. The quantitative estimate of drug-likeness (QED) is 0.539. The minimum atomic E-state index is -0.376. The van der Waals surface area contributed by atoms with E-state index in [1.165, 1.54) is 44.1 Å². The van der Waals surface area contributed by atoms with E-state index in [0.29, 0.717) is 17.1 Å². The van der Waals surface area contributed by atoms with Crippen molar-refractivity contribution in [2.75, 3.05) is 13.2 Å². The molecule has 0 N–H and O–H groups in total. The summed E-state index contributed by atoms with van der Waals surface area (Å²) in [6.07, 6.45) is 12.9. The summed E-state index contributed by atoms with van der Waals surface area (Å²) < 4.78 is 12.3. The maximum atomic E-state index is 12.8. The van der Waals surface area contributed by atoms with Gasteiger partial charge in [-0.15, -0.1) is 0 Å². The molecular formula is C26H40O3. The fourth-order valence-corrected chi connectivity index (χ4v) is 8.77. The first-order chi connectivity index (χ1) is 13.8. The average Bonchev–Trinajstić information content (AvgIpc) is 3.25. The third-order valence-electron chi connectivity index (χ3n) is 10.4. The normalized spacial score (nSPS) is 49.0. The molecule has 29 heavy (non-hydrogen) atoms. The van der Waals surface area contributed by atoms with Gasteiger partial charge in [-0.3, -0.25) is 4.79 Å². The van der Waals surface area contributed by atoms with E-state index in [9.17, 15) is 4.79 Å². The first kappa shape index (κ1) is 20.2. The number of rotatable bonds is 2. The summed E-state index contributed by atoms with van der Waals surface area (Å²) in [7, 11) is 0. The second-order valence-corrected chi connectivity index (χ2v) is 11.4. The Labute approximate surface area is 177 Å². The lowest BCUT2D eigenvalue weighted by atomic mass is 9.48. The molecule has 3 nitrogen and oxygen atoms in total. The molecule has 0 amide bonds. The predicted octanol–water partition coefficient (Wildman–Crippen LogP) is 5.92. The summed E-state index contributed by atoms with van der Waals surface area (Å²) >= 11 is 0. The van der Waals surface area contributed by atoms with Crippen LogP contribution in [0.15, 0.2) is 11.6 Å². The van der Waals surface area contributed by atoms with Crippen molar-refractivity contribution < 1.29 is 14.3 Å². The molecule has 0 bridgehead atoms. The molecular weight excluding hydrogens is 360 g/mol. The van der Waals surface area contributed by atoms with Gasteiger partial charge < -0.3 is 9.47 Å². The monoisotopic (exact) mass is 400 g/mol. The van der Waals surface area contributed by atoms with Crippen molar-refractivity contribution in [2.24, 2.45) is 40.4 Å². The maximum Gasteiger partial charge on any atom is 0.169 e. The van der Waals surface area contributed by atoms with Crippen molar-refractivity contribution in [3.05, 3.63) is 11.6 Å². The fraction of sp³-hybridized carbons (Fsp3) is 0.885. The van der Waals surface area contributed by atoms with Crippen LogP contribution >= 0.6 is 0 Å². The first-order valence-electron chi connectivity index (χ1n) is 12.3. The average molecular weight is 401 g/mol. The molecule has 162 valence electrons. The molecule has 5 aliphatic rings. The Kier molecular flexibility index (Phi) is 4.83. The van der Waals surface area contributed by atoms with Gasteiger partial charge in [-0.05, 0) is 86.9 Å². The van der Waals surface area contributed by atoms with Crippen LogP contribution in [0.5, 0.6) is 0 Å². The van der Waals surface area contributed by atoms with Crippen LogP contribution in [-0.4, -0.2) is 24.8 Å². The van der Waals surface area contributed by atoms with Crippen LogP contribution in [0.1, 0.15) is 85.5 Å². The van der Waals surface area contributed by atoms with Crippen molar-refractivity contribution in [2.45, 2.75) is 91.3 Å². The van der Waals surface area contributed by atoms with E-state index in [1.807, 2.05) is 0 Å². The summed E-state index contributed by atoms with van der Waals surface area (Å²) in [5, 5.41) is 0. The van der Waals surface area contributed by atoms with E-state index in [0.717, 1.165) is 50.2 Å². The van der Waals surface area contributed by atoms with Crippen LogP contribution < -0.4 is 0 Å². The van der Waals surface area contributed by atoms with Crippen molar-refractivity contribution in [1.82, 2.24) is 0 Å². The minimum Gasteiger partial charge on any atom is -0.348 e. The van der Waals surface area contributed by atoms with Crippen molar-refractivity contribution in [3.63, 3.8) is 0 Å². The Bertz CT molecular complexity index is 705. The van der Waals surface area contributed by atoms with Crippen LogP contribution in [0.25, 0.3) is 0 Å². The lowest BCUT2D eigenvalue weighted by Gasteiger charge is -2.57. The molecule has 1 unspecified atom stereocenters. The van der Waals surface area contributed by atoms with Gasteiger partial charge in [-0.2, -0.15) is 0 Å². The summed E-state index contributed by atoms with van der Waals surface area (Å²) in [6, 6.07) is 0. The second kappa shape index (κ2) is 6.92. The van der Waals surface area contributed by atoms with Gasteiger partial charge >= 0.3 is 0 Å². The van der Waals surface area contributed by atoms with Gasteiger partial charge in [0.1, 0.15) is 5.78 Å². The Morgan fingerprint density at radius 3 is 2.48 bits per heavy atom. The molecule has 3 heteroatoms. The number of ether oxygens (including phenoxy) is 2. The number of carbonyl (C=O) groups excluding carboxylic acids is 1. The van der Waals surface area contributed by atoms with E-state index in [-0.39, 0.29) is 17.1 Å². The van der Waals surface area contributed by atoms with E-state index in [1.54, 1.807) is 0 Å². The SMILES string of the molecule is CCC1CC[C@@]2(C)C(=CC[C@H]3[C@@H]4CC[C@H](C5(C)OCCO5)[C@@]4(C)CC[C@@H]32)CC1=O. The highest BCUT2D eigenvalue weighted by molar-refractivity contribution is 5.84. The Balaban J connectivity index is 1.44. The molecule has 0 spiro atoms. The van der Waals surface area contributed by atoms with Crippen LogP contribution in [0.3, 0.4) is 0 Å². The number of hydrogen-bond acceptors (Lipinski definition) is 3. The van der Waals surface area contributed by atoms with Crippen LogP contribution in [0, 0.1) is 40.4 Å². The summed E-state index contributed by atoms with van der Waals surface area (Å²) in [4.78, 5) is 12.8. The first-order valence-corrected chi connectivity index (χ1v) is 12.3. The Hall–Kier alpha value is -0.670. The van der Waals surface area contributed by atoms with Crippen molar-refractivity contribution >= 4 is 5.78 Å². The van der Waals surface area contributed by atoms with Crippen molar-refractivity contribution in [1.29, 1.82) is 0 Å². The lowest BCUT2D eigenvalue weighted by molar-refractivity contribution is -0.214. The topological polar surface area (TPSA) is 35.5 Å². The molecule has 1 aliphatic heterocycles. The maximum absolute atomic E-state index is 12.8. The minimum absolute atomic E-state index is 0.242. The van der Waals surface area contributed by atoms with Gasteiger partial charge in [0.15, 0.2) is 5.79 Å². The molecule has 0 radical (unpaired) electrons. The van der Waals surface area contributed by atoms with Gasteiger partial charge in [0, 0.05) is 18.3 Å². The summed E-state index contributed by atoms with van der Waals surface area (Å²) in [5.74, 6) is 3.22. The van der Waals surface area contributed by atoms with E-state index >= 15 is 0 Å². The number of hydrogen-bond donors (Lipinski definition) is 0. The van der Waals surface area contributed by atoms with Crippen LogP contribution in [-0.2, 0) is 14.3 Å². The van der Waals surface area contributed by atoms with Crippen molar-refractivity contribution in [3.8, 4) is 0 Å². The molecule has 3 saturated carbocycles. The molecule has 7 atom stereocenters. The van der Waals surface area contributed by atoms with E-state index in [4.69, 9.17) is 9.47 Å². The van der Waals surface area contributed by atoms with E-state index in [2.05, 4.69) is 33.8 Å². The Morgan fingerprint density at radius 1 is 1.00 bits per heavy atom. The fourth-order valence-electron chi connectivity index (χ4n) is 8.77. The van der Waals surface area contributed by atoms with E-state index < -0.39 is 0 Å². The zero-order chi connectivity index (χ0) is 20.4.